The molecule has 172 valence electrons. The number of carbonyl (C=O) groups is 1. The van der Waals surface area contributed by atoms with Crippen molar-refractivity contribution in [2.45, 2.75) is 11.4 Å². The van der Waals surface area contributed by atoms with Crippen LogP contribution in [0, 0.1) is 5.82 Å². The minimum atomic E-state index is -4.00. The fraction of sp³-hybridized carbons (Fsp3) is 0.130. The normalized spacial score (nSPS) is 11.6. The molecule has 0 saturated carbocycles. The number of halogens is 2. The van der Waals surface area contributed by atoms with Crippen molar-refractivity contribution < 1.29 is 22.3 Å². The van der Waals surface area contributed by atoms with E-state index >= 15 is 0 Å². The maximum absolute atomic E-state index is 13.3. The summed E-state index contributed by atoms with van der Waals surface area (Å²) in [5.74, 6) is -0.520. The highest BCUT2D eigenvalue weighted by Gasteiger charge is 2.26. The zero-order valence-electron chi connectivity index (χ0n) is 17.6. The number of carbonyl (C=O) groups excluding carboxylic acids is 1. The van der Waals surface area contributed by atoms with Gasteiger partial charge in [-0.1, -0.05) is 46.3 Å². The smallest absolute Gasteiger partial charge is 0.255 e. The van der Waals surface area contributed by atoms with E-state index in [2.05, 4.69) is 26.5 Å². The Morgan fingerprint density at radius 1 is 1.12 bits per heavy atom. The standard InChI is InChI=1S/C23H21BrFN3O4S/c1-32-22-12-9-19(24)13-18(22)14-26-27-23(29)16-28(15-17-7-10-20(25)11-8-17)33(30,31)21-5-3-2-4-6-21/h2-14H,15-16H2,1H3,(H,27,29)/b26-14-. The van der Waals surface area contributed by atoms with Crippen LogP contribution in [-0.2, 0) is 21.4 Å². The Morgan fingerprint density at radius 3 is 2.48 bits per heavy atom. The molecule has 0 saturated heterocycles. The molecule has 0 fully saturated rings. The van der Waals surface area contributed by atoms with E-state index in [-0.39, 0.29) is 11.4 Å². The quantitative estimate of drug-likeness (QED) is 0.333. The van der Waals surface area contributed by atoms with Gasteiger partial charge in [-0.2, -0.15) is 9.41 Å². The average molecular weight is 534 g/mol. The number of ether oxygens (including phenoxy) is 1. The number of nitrogens with zero attached hydrogens (tertiary/aromatic N) is 2. The lowest BCUT2D eigenvalue weighted by atomic mass is 10.2. The van der Waals surface area contributed by atoms with Gasteiger partial charge in [-0.15, -0.1) is 0 Å². The van der Waals surface area contributed by atoms with Crippen LogP contribution in [0.3, 0.4) is 0 Å². The van der Waals surface area contributed by atoms with Crippen LogP contribution in [0.1, 0.15) is 11.1 Å². The molecule has 0 bridgehead atoms. The SMILES string of the molecule is COc1ccc(Br)cc1/C=N\NC(=O)CN(Cc1ccc(F)cc1)S(=O)(=O)c1ccccc1. The van der Waals surface area contributed by atoms with Crippen molar-refractivity contribution in [3.8, 4) is 5.75 Å². The molecule has 0 atom stereocenters. The Morgan fingerprint density at radius 2 is 1.82 bits per heavy atom. The van der Waals surface area contributed by atoms with Crippen molar-refractivity contribution in [3.05, 3.63) is 94.2 Å². The molecule has 7 nitrogen and oxygen atoms in total. The minimum absolute atomic E-state index is 0.0438. The minimum Gasteiger partial charge on any atom is -0.496 e. The van der Waals surface area contributed by atoms with Crippen molar-refractivity contribution >= 4 is 38.1 Å². The molecule has 0 aliphatic heterocycles. The average Bonchev–Trinajstić information content (AvgIpc) is 2.81. The van der Waals surface area contributed by atoms with Crippen molar-refractivity contribution in [1.29, 1.82) is 0 Å². The van der Waals surface area contributed by atoms with Gasteiger partial charge in [0.25, 0.3) is 5.91 Å². The number of hydrogen-bond donors (Lipinski definition) is 1. The molecule has 3 aromatic rings. The Bertz CT molecular complexity index is 1240. The summed E-state index contributed by atoms with van der Waals surface area (Å²) in [5, 5.41) is 3.92. The van der Waals surface area contributed by atoms with Crippen LogP contribution < -0.4 is 10.2 Å². The number of hydrogen-bond acceptors (Lipinski definition) is 5. The maximum atomic E-state index is 13.3. The summed E-state index contributed by atoms with van der Waals surface area (Å²) >= 11 is 3.36. The lowest BCUT2D eigenvalue weighted by Crippen LogP contribution is -2.39. The Kier molecular flexibility index (Phi) is 8.32. The Hall–Kier alpha value is -3.08. The molecule has 3 rings (SSSR count). The highest BCUT2D eigenvalue weighted by atomic mass is 79.9. The number of benzene rings is 3. The van der Waals surface area contributed by atoms with Gasteiger partial charge in [0, 0.05) is 16.6 Å². The lowest BCUT2D eigenvalue weighted by Gasteiger charge is -2.21. The van der Waals surface area contributed by atoms with E-state index in [1.165, 1.54) is 49.7 Å². The van der Waals surface area contributed by atoms with Gasteiger partial charge < -0.3 is 4.74 Å². The second-order valence-electron chi connectivity index (χ2n) is 6.89. The number of methoxy groups -OCH3 is 1. The molecule has 0 unspecified atom stereocenters. The van der Waals surface area contributed by atoms with Gasteiger partial charge in [0.15, 0.2) is 0 Å². The topological polar surface area (TPSA) is 88.1 Å². The predicted octanol–water partition coefficient (Wildman–Crippen LogP) is 3.94. The van der Waals surface area contributed by atoms with E-state index in [9.17, 15) is 17.6 Å². The number of rotatable bonds is 9. The molecule has 0 aromatic heterocycles. The van der Waals surface area contributed by atoms with Gasteiger partial charge in [0.1, 0.15) is 11.6 Å². The van der Waals surface area contributed by atoms with Gasteiger partial charge >= 0.3 is 0 Å². The van der Waals surface area contributed by atoms with E-state index < -0.39 is 28.3 Å². The second-order valence-corrected chi connectivity index (χ2v) is 9.75. The van der Waals surface area contributed by atoms with Crippen LogP contribution in [-0.4, -0.2) is 38.5 Å². The molecule has 3 aromatic carbocycles. The van der Waals surface area contributed by atoms with Crippen molar-refractivity contribution in [1.82, 2.24) is 9.73 Å². The van der Waals surface area contributed by atoms with Crippen LogP contribution in [0.15, 0.2) is 87.3 Å². The molecule has 0 aliphatic carbocycles. The third-order valence-electron chi connectivity index (χ3n) is 4.56. The molecular formula is C23H21BrFN3O4S. The fourth-order valence-corrected chi connectivity index (χ4v) is 4.72. The van der Waals surface area contributed by atoms with Gasteiger partial charge in [-0.25, -0.2) is 18.2 Å². The van der Waals surface area contributed by atoms with Gasteiger partial charge in [0.05, 0.1) is 24.8 Å². The predicted molar refractivity (Wildman–Crippen MR) is 127 cm³/mol. The van der Waals surface area contributed by atoms with Gasteiger partial charge in [-0.05, 0) is 48.0 Å². The summed E-state index contributed by atoms with van der Waals surface area (Å²) in [6, 6.07) is 18.5. The summed E-state index contributed by atoms with van der Waals surface area (Å²) < 4.78 is 46.7. The summed E-state index contributed by atoms with van der Waals surface area (Å²) in [4.78, 5) is 12.6. The highest BCUT2D eigenvalue weighted by molar-refractivity contribution is 9.10. The number of amides is 1. The van der Waals surface area contributed by atoms with Crippen LogP contribution >= 0.6 is 15.9 Å². The first-order valence-electron chi connectivity index (χ1n) is 9.74. The molecule has 0 aliphatic rings. The third-order valence-corrected chi connectivity index (χ3v) is 6.86. The third kappa shape index (κ3) is 6.70. The molecule has 1 amide bonds. The first-order valence-corrected chi connectivity index (χ1v) is 12.0. The molecular weight excluding hydrogens is 513 g/mol. The Balaban J connectivity index is 1.78. The first kappa shape index (κ1) is 24.6. The zero-order chi connectivity index (χ0) is 23.8. The van der Waals surface area contributed by atoms with Crippen LogP contribution in [0.25, 0.3) is 0 Å². The largest absolute Gasteiger partial charge is 0.496 e. The van der Waals surface area contributed by atoms with E-state index in [0.29, 0.717) is 16.9 Å². The van der Waals surface area contributed by atoms with E-state index in [0.717, 1.165) is 8.78 Å². The van der Waals surface area contributed by atoms with E-state index in [1.54, 1.807) is 36.4 Å². The van der Waals surface area contributed by atoms with Crippen LogP contribution in [0.2, 0.25) is 0 Å². The first-order chi connectivity index (χ1) is 15.8. The van der Waals surface area contributed by atoms with Crippen LogP contribution in [0.4, 0.5) is 4.39 Å². The fourth-order valence-electron chi connectivity index (χ4n) is 2.94. The molecule has 1 N–H and O–H groups in total. The van der Waals surface area contributed by atoms with Gasteiger partial charge in [0.2, 0.25) is 10.0 Å². The van der Waals surface area contributed by atoms with E-state index in [1.807, 2.05) is 0 Å². The maximum Gasteiger partial charge on any atom is 0.255 e. The van der Waals surface area contributed by atoms with Crippen molar-refractivity contribution in [2.24, 2.45) is 5.10 Å². The lowest BCUT2D eigenvalue weighted by molar-refractivity contribution is -0.121. The molecule has 0 spiro atoms. The second kappa shape index (κ2) is 11.2. The number of hydrazone groups is 1. The van der Waals surface area contributed by atoms with Crippen LogP contribution in [0.5, 0.6) is 5.75 Å². The Labute approximate surface area is 200 Å². The zero-order valence-corrected chi connectivity index (χ0v) is 20.0. The molecule has 0 heterocycles. The summed E-state index contributed by atoms with van der Waals surface area (Å²) in [6.07, 6.45) is 1.40. The number of sulfonamides is 1. The molecule has 0 radical (unpaired) electrons. The molecule has 33 heavy (non-hydrogen) atoms. The van der Waals surface area contributed by atoms with E-state index in [4.69, 9.17) is 4.74 Å². The highest BCUT2D eigenvalue weighted by Crippen LogP contribution is 2.21. The van der Waals surface area contributed by atoms with Crippen molar-refractivity contribution in [3.63, 3.8) is 0 Å². The summed E-state index contributed by atoms with van der Waals surface area (Å²) in [5.41, 5.74) is 3.50. The monoisotopic (exact) mass is 533 g/mol. The van der Waals surface area contributed by atoms with Crippen molar-refractivity contribution in [2.75, 3.05) is 13.7 Å². The summed E-state index contributed by atoms with van der Waals surface area (Å²) in [6.45, 7) is -0.602. The summed E-state index contributed by atoms with van der Waals surface area (Å²) in [7, 11) is -2.48. The van der Waals surface area contributed by atoms with Gasteiger partial charge in [-0.3, -0.25) is 4.79 Å². The molecule has 10 heteroatoms. The number of nitrogens with one attached hydrogen (secondary N) is 1.